The fourth-order valence-corrected chi connectivity index (χ4v) is 0.246. The SMILES string of the molecule is CC.[Y].[Y].[c-]1ccc[c-]n1. The standard InChI is InChI=1S/C5H3N.C2H6.2Y/c1-2-4-6-5-3-1;1-2;;/h1-3H;1-2H3;;/q-2;;;. The van der Waals surface area contributed by atoms with Gasteiger partial charge in [0.2, 0.25) is 0 Å². The summed E-state index contributed by atoms with van der Waals surface area (Å²) < 4.78 is 0. The van der Waals surface area contributed by atoms with Gasteiger partial charge in [-0.15, -0.1) is 0 Å². The van der Waals surface area contributed by atoms with Gasteiger partial charge in [0.25, 0.3) is 0 Å². The van der Waals surface area contributed by atoms with Crippen molar-refractivity contribution in [1.82, 2.24) is 4.98 Å². The Kier molecular flexibility index (Phi) is 29.2. The van der Waals surface area contributed by atoms with Crippen LogP contribution in [0.5, 0.6) is 0 Å². The predicted octanol–water partition coefficient (Wildman–Crippen LogP) is 1.70. The minimum absolute atomic E-state index is 0. The summed E-state index contributed by atoms with van der Waals surface area (Å²) >= 11 is 0. The Morgan fingerprint density at radius 1 is 1.00 bits per heavy atom. The number of hydrogen-bond donors (Lipinski definition) is 0. The van der Waals surface area contributed by atoms with Crippen LogP contribution in [0.25, 0.3) is 0 Å². The second-order valence-corrected chi connectivity index (χ2v) is 0.896. The quantitative estimate of drug-likeness (QED) is 0.661. The molecule has 1 heterocycles. The molecule has 50 valence electrons. The van der Waals surface area contributed by atoms with Crippen molar-refractivity contribution in [2.45, 2.75) is 13.8 Å². The van der Waals surface area contributed by atoms with Crippen LogP contribution in [0.4, 0.5) is 0 Å². The first-order valence-electron chi connectivity index (χ1n) is 2.69. The monoisotopic (exact) mass is 285 g/mol. The summed E-state index contributed by atoms with van der Waals surface area (Å²) in [5, 5.41) is 0. The summed E-state index contributed by atoms with van der Waals surface area (Å²) in [5.41, 5.74) is 0. The van der Waals surface area contributed by atoms with Gasteiger partial charge in [-0.2, -0.15) is 0 Å². The van der Waals surface area contributed by atoms with Gasteiger partial charge in [-0.25, -0.2) is 0 Å². The maximum absolute atomic E-state index is 3.53. The molecule has 0 saturated carbocycles. The molecule has 3 heteroatoms. The Hall–Kier alpha value is 1.36. The molecule has 10 heavy (non-hydrogen) atoms. The molecule has 0 aliphatic rings. The smallest absolute Gasteiger partial charge is 0 e. The van der Waals surface area contributed by atoms with Crippen molar-refractivity contribution >= 4 is 0 Å². The summed E-state index contributed by atoms with van der Waals surface area (Å²) in [6.07, 6.45) is 5.17. The van der Waals surface area contributed by atoms with Crippen LogP contribution in [0, 0.1) is 12.4 Å². The van der Waals surface area contributed by atoms with Gasteiger partial charge in [-0.05, 0) is 0 Å². The molecule has 0 atom stereocenters. The van der Waals surface area contributed by atoms with Crippen molar-refractivity contribution in [3.8, 4) is 0 Å². The van der Waals surface area contributed by atoms with Gasteiger partial charge < -0.3 is 4.98 Å². The summed E-state index contributed by atoms with van der Waals surface area (Å²) in [7, 11) is 0. The minimum atomic E-state index is 0. The second-order valence-electron chi connectivity index (χ2n) is 0.896. The van der Waals surface area contributed by atoms with Gasteiger partial charge in [-0.1, -0.05) is 13.8 Å². The first kappa shape index (κ1) is 17.4. The van der Waals surface area contributed by atoms with Crippen molar-refractivity contribution in [3.05, 3.63) is 30.6 Å². The van der Waals surface area contributed by atoms with E-state index >= 15 is 0 Å². The van der Waals surface area contributed by atoms with Gasteiger partial charge >= 0.3 is 0 Å². The second kappa shape index (κ2) is 16.8. The van der Waals surface area contributed by atoms with E-state index in [1.165, 1.54) is 0 Å². The van der Waals surface area contributed by atoms with Crippen molar-refractivity contribution in [2.24, 2.45) is 0 Å². The average molecular weight is 285 g/mol. The molecule has 0 bridgehead atoms. The van der Waals surface area contributed by atoms with Crippen molar-refractivity contribution in [2.75, 3.05) is 0 Å². The third kappa shape index (κ3) is 12.1. The van der Waals surface area contributed by atoms with E-state index in [1.54, 1.807) is 12.1 Å². The Balaban J connectivity index is -0.000000114. The predicted molar refractivity (Wildman–Crippen MR) is 33.3 cm³/mol. The van der Waals surface area contributed by atoms with Gasteiger partial charge in [-0.3, -0.25) is 30.6 Å². The molecule has 0 saturated heterocycles. The molecule has 1 aromatic rings. The zero-order valence-corrected chi connectivity index (χ0v) is 12.0. The molecule has 0 aliphatic carbocycles. The number of aromatic nitrogens is 1. The Labute approximate surface area is 113 Å². The van der Waals surface area contributed by atoms with Crippen LogP contribution in [0.1, 0.15) is 13.8 Å². The molecular formula is C7H9NY2-2. The van der Waals surface area contributed by atoms with E-state index in [1.807, 2.05) is 19.9 Å². The molecule has 1 nitrogen and oxygen atoms in total. The molecule has 0 unspecified atom stereocenters. The van der Waals surface area contributed by atoms with Crippen molar-refractivity contribution in [3.63, 3.8) is 0 Å². The topological polar surface area (TPSA) is 12.9 Å². The normalized spacial score (nSPS) is 5.40. The van der Waals surface area contributed by atoms with Gasteiger partial charge in [0.1, 0.15) is 0 Å². The Morgan fingerprint density at radius 3 is 1.50 bits per heavy atom. The van der Waals surface area contributed by atoms with Crippen LogP contribution in [0.3, 0.4) is 0 Å². The van der Waals surface area contributed by atoms with Crippen LogP contribution in [-0.2, 0) is 65.4 Å². The van der Waals surface area contributed by atoms with E-state index in [0.29, 0.717) is 0 Å². The zero-order chi connectivity index (χ0) is 6.24. The van der Waals surface area contributed by atoms with E-state index in [-0.39, 0.29) is 65.4 Å². The average Bonchev–Trinajstić information content (AvgIpc) is 1.96. The first-order chi connectivity index (χ1) is 4.00. The fraction of sp³-hybridized carbons (Fsp3) is 0.286. The third-order valence-corrected chi connectivity index (χ3v) is 0.471. The Morgan fingerprint density at radius 2 is 1.40 bits per heavy atom. The fourth-order valence-electron chi connectivity index (χ4n) is 0.246. The first-order valence-corrected chi connectivity index (χ1v) is 2.69. The summed E-state index contributed by atoms with van der Waals surface area (Å²) in [6.45, 7) is 4.00. The number of pyridine rings is 1. The maximum Gasteiger partial charge on any atom is 0 e. The van der Waals surface area contributed by atoms with E-state index in [0.717, 1.165) is 0 Å². The summed E-state index contributed by atoms with van der Waals surface area (Å²) in [4.78, 5) is 3.53. The largest absolute Gasteiger partial charge is 0.543 e. The zero-order valence-electron chi connectivity index (χ0n) is 6.33. The molecule has 0 amide bonds. The van der Waals surface area contributed by atoms with Crippen LogP contribution in [0.2, 0.25) is 0 Å². The number of nitrogens with zero attached hydrogens (tertiary/aromatic N) is 1. The van der Waals surface area contributed by atoms with Crippen LogP contribution in [-0.4, -0.2) is 4.98 Å². The van der Waals surface area contributed by atoms with Crippen LogP contribution in [0.15, 0.2) is 18.2 Å². The molecule has 0 N–H and O–H groups in total. The molecular weight excluding hydrogens is 276 g/mol. The molecule has 0 aliphatic heterocycles. The summed E-state index contributed by atoms with van der Waals surface area (Å²) in [6, 6.07) is 5.29. The van der Waals surface area contributed by atoms with Crippen LogP contribution < -0.4 is 0 Å². The summed E-state index contributed by atoms with van der Waals surface area (Å²) in [5.74, 6) is 0. The molecule has 2 radical (unpaired) electrons. The van der Waals surface area contributed by atoms with Crippen molar-refractivity contribution < 1.29 is 65.4 Å². The van der Waals surface area contributed by atoms with E-state index < -0.39 is 0 Å². The van der Waals surface area contributed by atoms with Gasteiger partial charge in [0, 0.05) is 65.4 Å². The molecule has 1 aromatic heterocycles. The minimum Gasteiger partial charge on any atom is -0.543 e. The van der Waals surface area contributed by atoms with E-state index in [4.69, 9.17) is 0 Å². The number of rotatable bonds is 0. The molecule has 0 aromatic carbocycles. The third-order valence-electron chi connectivity index (χ3n) is 0.471. The Bertz CT molecular complexity index is 83.5. The molecule has 1 rings (SSSR count). The van der Waals surface area contributed by atoms with E-state index in [2.05, 4.69) is 17.4 Å². The number of hydrogen-bond acceptors (Lipinski definition) is 1. The van der Waals surface area contributed by atoms with Gasteiger partial charge in [0.15, 0.2) is 0 Å². The van der Waals surface area contributed by atoms with Crippen LogP contribution >= 0.6 is 0 Å². The molecule has 0 fully saturated rings. The van der Waals surface area contributed by atoms with Crippen molar-refractivity contribution in [1.29, 1.82) is 0 Å². The van der Waals surface area contributed by atoms with Gasteiger partial charge in [0.05, 0.1) is 0 Å². The molecule has 0 spiro atoms. The van der Waals surface area contributed by atoms with E-state index in [9.17, 15) is 0 Å². The maximum atomic E-state index is 3.53.